The molecule has 0 saturated carbocycles. The van der Waals surface area contributed by atoms with Crippen LogP contribution in [0.1, 0.15) is 28.4 Å². The van der Waals surface area contributed by atoms with E-state index in [0.29, 0.717) is 17.1 Å². The molecule has 142 valence electrons. The minimum Gasteiger partial charge on any atom is -0.345 e. The van der Waals surface area contributed by atoms with Crippen LogP contribution in [-0.4, -0.2) is 31.3 Å². The number of fused-ring (bicyclic) bond motifs is 1. The number of hydrogen-bond acceptors (Lipinski definition) is 6. The number of nitrogens with zero attached hydrogens (tertiary/aromatic N) is 4. The Morgan fingerprint density at radius 2 is 2.21 bits per heavy atom. The number of nitro groups is 1. The summed E-state index contributed by atoms with van der Waals surface area (Å²) in [5.41, 5.74) is 0.814. The minimum absolute atomic E-state index is 0.145. The van der Waals surface area contributed by atoms with Gasteiger partial charge in [0.2, 0.25) is 0 Å². The lowest BCUT2D eigenvalue weighted by atomic mass is 10.0. The number of halogens is 1. The third-order valence-electron chi connectivity index (χ3n) is 4.43. The molecule has 8 nitrogen and oxygen atoms in total. The second kappa shape index (κ2) is 7.39. The molecule has 2 heterocycles. The van der Waals surface area contributed by atoms with Crippen LogP contribution in [0, 0.1) is 15.9 Å². The fourth-order valence-corrected chi connectivity index (χ4v) is 4.26. The highest BCUT2D eigenvalue weighted by Gasteiger charge is 2.26. The number of nitro benzene ring substituents is 1. The molecular weight excluding hydrogens is 385 g/mol. The fraction of sp³-hybridized carbons (Fsp3) is 0.167. The molecule has 1 aliphatic rings. The second-order valence-electron chi connectivity index (χ2n) is 6.12. The van der Waals surface area contributed by atoms with Crippen molar-refractivity contribution in [1.29, 1.82) is 0 Å². The Kier molecular flexibility index (Phi) is 4.78. The molecule has 0 radical (unpaired) electrons. The number of thioether (sulfide) groups is 1. The molecule has 1 amide bonds. The van der Waals surface area contributed by atoms with E-state index in [1.807, 2.05) is 0 Å². The Balaban J connectivity index is 1.62. The lowest BCUT2D eigenvalue weighted by molar-refractivity contribution is -0.384. The number of nitrogens with one attached hydrogen (secondary N) is 1. The molecular formula is C18H14FN5O3S. The molecule has 28 heavy (non-hydrogen) atoms. The van der Waals surface area contributed by atoms with Gasteiger partial charge in [-0.25, -0.2) is 14.1 Å². The Morgan fingerprint density at radius 1 is 1.36 bits per heavy atom. The molecule has 10 heteroatoms. The lowest BCUT2D eigenvalue weighted by Crippen LogP contribution is -2.31. The van der Waals surface area contributed by atoms with E-state index < -0.39 is 10.8 Å². The van der Waals surface area contributed by atoms with Gasteiger partial charge in [0, 0.05) is 22.3 Å². The Hall–Kier alpha value is -3.27. The molecule has 3 aromatic rings. The Morgan fingerprint density at radius 3 is 2.96 bits per heavy atom. The van der Waals surface area contributed by atoms with Gasteiger partial charge in [0.15, 0.2) is 0 Å². The van der Waals surface area contributed by atoms with Crippen LogP contribution in [0.2, 0.25) is 0 Å². The van der Waals surface area contributed by atoms with Crippen LogP contribution >= 0.6 is 11.8 Å². The zero-order valence-corrected chi connectivity index (χ0v) is 15.2. The third kappa shape index (κ3) is 3.33. The average molecular weight is 399 g/mol. The Labute approximate surface area is 162 Å². The normalized spacial score (nSPS) is 15.7. The van der Waals surface area contributed by atoms with Crippen molar-refractivity contribution < 1.29 is 14.1 Å². The summed E-state index contributed by atoms with van der Waals surface area (Å²) in [7, 11) is 0. The van der Waals surface area contributed by atoms with Gasteiger partial charge in [-0.2, -0.15) is 5.10 Å². The number of carbonyl (C=O) groups is 1. The highest BCUT2D eigenvalue weighted by Crippen LogP contribution is 2.38. The molecule has 1 unspecified atom stereocenters. The summed E-state index contributed by atoms with van der Waals surface area (Å²) in [5, 5.41) is 18.2. The molecule has 1 atom stereocenters. The number of hydrogen-bond donors (Lipinski definition) is 1. The van der Waals surface area contributed by atoms with E-state index in [1.54, 1.807) is 12.1 Å². The van der Waals surface area contributed by atoms with Crippen LogP contribution in [0.4, 0.5) is 10.1 Å². The first kappa shape index (κ1) is 18.1. The van der Waals surface area contributed by atoms with Crippen molar-refractivity contribution in [2.75, 3.05) is 5.75 Å². The lowest BCUT2D eigenvalue weighted by Gasteiger charge is -2.26. The van der Waals surface area contributed by atoms with Crippen LogP contribution in [-0.2, 0) is 0 Å². The molecule has 0 spiro atoms. The van der Waals surface area contributed by atoms with E-state index >= 15 is 0 Å². The molecule has 0 saturated heterocycles. The first-order chi connectivity index (χ1) is 13.5. The van der Waals surface area contributed by atoms with Gasteiger partial charge in [-0.1, -0.05) is 12.1 Å². The van der Waals surface area contributed by atoms with E-state index in [0.717, 1.165) is 5.56 Å². The molecule has 0 bridgehead atoms. The van der Waals surface area contributed by atoms with Gasteiger partial charge in [0.05, 0.1) is 11.0 Å². The van der Waals surface area contributed by atoms with E-state index in [9.17, 15) is 19.3 Å². The van der Waals surface area contributed by atoms with Crippen LogP contribution in [0.5, 0.6) is 0 Å². The van der Waals surface area contributed by atoms with Gasteiger partial charge in [-0.05, 0) is 30.2 Å². The van der Waals surface area contributed by atoms with Crippen molar-refractivity contribution in [3.05, 3.63) is 76.1 Å². The van der Waals surface area contributed by atoms with E-state index in [1.165, 1.54) is 53.4 Å². The topological polar surface area (TPSA) is 103 Å². The summed E-state index contributed by atoms with van der Waals surface area (Å²) in [6.45, 7) is 0. The summed E-state index contributed by atoms with van der Waals surface area (Å²) in [6.07, 6.45) is 3.25. The molecule has 0 aliphatic carbocycles. The Bertz CT molecular complexity index is 1060. The number of carbonyl (C=O) groups excluding carboxylic acids is 1. The predicted octanol–water partition coefficient (Wildman–Crippen LogP) is 3.28. The maximum absolute atomic E-state index is 14.0. The zero-order valence-electron chi connectivity index (χ0n) is 14.4. The number of benzene rings is 2. The van der Waals surface area contributed by atoms with Crippen LogP contribution < -0.4 is 5.32 Å². The number of rotatable bonds is 4. The monoisotopic (exact) mass is 399 g/mol. The minimum atomic E-state index is -0.574. The quantitative estimate of drug-likeness (QED) is 0.533. The molecule has 2 aromatic carbocycles. The highest BCUT2D eigenvalue weighted by molar-refractivity contribution is 7.99. The van der Waals surface area contributed by atoms with Crippen molar-refractivity contribution >= 4 is 23.4 Å². The van der Waals surface area contributed by atoms with Gasteiger partial charge < -0.3 is 5.32 Å². The van der Waals surface area contributed by atoms with Crippen molar-refractivity contribution in [2.45, 2.75) is 17.4 Å². The van der Waals surface area contributed by atoms with Crippen LogP contribution in [0.3, 0.4) is 0 Å². The molecule has 0 fully saturated rings. The van der Waals surface area contributed by atoms with Crippen molar-refractivity contribution in [2.24, 2.45) is 0 Å². The smallest absolute Gasteiger partial charge is 0.295 e. The molecule has 1 N–H and O–H groups in total. The van der Waals surface area contributed by atoms with Crippen molar-refractivity contribution in [1.82, 2.24) is 20.1 Å². The maximum Gasteiger partial charge on any atom is 0.295 e. The highest BCUT2D eigenvalue weighted by atomic mass is 32.2. The second-order valence-corrected chi connectivity index (χ2v) is 7.23. The summed E-state index contributed by atoms with van der Waals surface area (Å²) < 4.78 is 15.3. The summed E-state index contributed by atoms with van der Waals surface area (Å²) in [6, 6.07) is 8.57. The van der Waals surface area contributed by atoms with Crippen LogP contribution in [0.15, 0.2) is 53.9 Å². The molecule has 1 aliphatic heterocycles. The van der Waals surface area contributed by atoms with E-state index in [-0.39, 0.29) is 28.8 Å². The van der Waals surface area contributed by atoms with Crippen LogP contribution in [0.25, 0.3) is 5.69 Å². The maximum atomic E-state index is 14.0. The summed E-state index contributed by atoms with van der Waals surface area (Å²) in [5.74, 6) is -0.0980. The average Bonchev–Trinajstić information content (AvgIpc) is 3.23. The van der Waals surface area contributed by atoms with Crippen molar-refractivity contribution in [3.8, 4) is 5.69 Å². The van der Waals surface area contributed by atoms with Gasteiger partial charge in [-0.3, -0.25) is 14.9 Å². The number of aromatic nitrogens is 3. The first-order valence-electron chi connectivity index (χ1n) is 8.40. The first-order valence-corrected chi connectivity index (χ1v) is 9.38. The molecule has 1 aromatic heterocycles. The van der Waals surface area contributed by atoms with E-state index in [4.69, 9.17) is 0 Å². The summed E-state index contributed by atoms with van der Waals surface area (Å²) >= 11 is 1.42. The fourth-order valence-electron chi connectivity index (χ4n) is 3.12. The third-order valence-corrected chi connectivity index (χ3v) is 5.59. The zero-order chi connectivity index (χ0) is 19.7. The van der Waals surface area contributed by atoms with Gasteiger partial charge >= 0.3 is 0 Å². The predicted molar refractivity (Wildman–Crippen MR) is 100.0 cm³/mol. The largest absolute Gasteiger partial charge is 0.345 e. The van der Waals surface area contributed by atoms with E-state index in [2.05, 4.69) is 15.4 Å². The molecule has 4 rings (SSSR count). The van der Waals surface area contributed by atoms with Gasteiger partial charge in [0.1, 0.15) is 24.2 Å². The number of amides is 1. The van der Waals surface area contributed by atoms with Crippen molar-refractivity contribution in [3.63, 3.8) is 0 Å². The van der Waals surface area contributed by atoms with Gasteiger partial charge in [-0.15, -0.1) is 11.8 Å². The standard InChI is InChI=1S/C18H14FN5O3S/c19-13-3-1-2-12-14(6-7-28-17(12)13)22-18(25)11-4-5-15(16(8-11)24(26)27)23-10-20-9-21-23/h1-5,8-10,14H,6-7H2,(H,22,25). The summed E-state index contributed by atoms with van der Waals surface area (Å²) in [4.78, 5) is 27.9. The SMILES string of the molecule is O=C(NC1CCSc2c(F)cccc21)c1ccc(-n2cncn2)c([N+](=O)[O-])c1. The van der Waals surface area contributed by atoms with Gasteiger partial charge in [0.25, 0.3) is 11.6 Å².